The van der Waals surface area contributed by atoms with Gasteiger partial charge in [-0.05, 0) is 30.7 Å². The van der Waals surface area contributed by atoms with Crippen molar-refractivity contribution in [3.8, 4) is 0 Å². The molecular formula is C20H25N7O6. The fraction of sp³-hybridized carbons (Fsp3) is 0.350. The normalized spacial score (nSPS) is 16.3. The molecule has 13 heteroatoms. The Morgan fingerprint density at radius 2 is 1.91 bits per heavy atom. The highest BCUT2D eigenvalue weighted by atomic mass is 16.4. The molecule has 2 unspecified atom stereocenters. The number of carboxylic acid groups (broad SMARTS) is 2. The summed E-state index contributed by atoms with van der Waals surface area (Å²) in [6, 6.07) is 4.92. The van der Waals surface area contributed by atoms with Crippen molar-refractivity contribution in [2.45, 2.75) is 25.4 Å². The number of amides is 1. The second kappa shape index (κ2) is 9.89. The lowest BCUT2D eigenvalue weighted by molar-refractivity contribution is -0.143. The monoisotopic (exact) mass is 459 g/mol. The van der Waals surface area contributed by atoms with Crippen LogP contribution in [0, 0.1) is 5.92 Å². The van der Waals surface area contributed by atoms with Crippen LogP contribution in [0.5, 0.6) is 0 Å². The molecule has 33 heavy (non-hydrogen) atoms. The van der Waals surface area contributed by atoms with Crippen LogP contribution in [-0.4, -0.2) is 63.2 Å². The standard InChI is InChI=1S/C20H25N7O6/c1-9(18(30)31)6-13(19(32)33)25-16(28)10-2-4-11(5-3-10)22-7-12-8-23-15-14(24-12)17(29)27-20(21)26-15/h2-5,9,12-13,22,24H,6-8H2,1H3,(H,25,28)(H,30,31)(H,32,33)(H4,21,23,26,27,29)/t9?,12-,13?/m1/s1. The molecule has 9 N–H and O–H groups in total. The van der Waals surface area contributed by atoms with Gasteiger partial charge in [0.1, 0.15) is 11.7 Å². The largest absolute Gasteiger partial charge is 0.481 e. The molecule has 1 aromatic heterocycles. The molecule has 0 aliphatic carbocycles. The zero-order chi connectivity index (χ0) is 24.1. The number of hydrogen-bond donors (Lipinski definition) is 8. The predicted molar refractivity (Wildman–Crippen MR) is 120 cm³/mol. The van der Waals surface area contributed by atoms with E-state index in [1.807, 2.05) is 0 Å². The van der Waals surface area contributed by atoms with E-state index in [-0.39, 0.29) is 29.5 Å². The summed E-state index contributed by atoms with van der Waals surface area (Å²) in [5.41, 5.74) is 6.40. The Kier molecular flexibility index (Phi) is 7.00. The number of nitrogens with two attached hydrogens (primary N) is 1. The van der Waals surface area contributed by atoms with Crippen LogP contribution in [-0.2, 0) is 9.59 Å². The topological polar surface area (TPSA) is 212 Å². The molecule has 0 radical (unpaired) electrons. The van der Waals surface area contributed by atoms with Gasteiger partial charge in [-0.1, -0.05) is 6.92 Å². The number of nitrogens with one attached hydrogen (secondary N) is 5. The van der Waals surface area contributed by atoms with Crippen molar-refractivity contribution in [1.82, 2.24) is 15.3 Å². The SMILES string of the molecule is CC(CC(NC(=O)c1ccc(NC[C@@H]2CNc3nc(N)[nH]c(=O)c3N2)cc1)C(=O)O)C(=O)O. The van der Waals surface area contributed by atoms with Crippen LogP contribution < -0.4 is 32.6 Å². The van der Waals surface area contributed by atoms with Crippen molar-refractivity contribution in [1.29, 1.82) is 0 Å². The number of H-pyrrole nitrogens is 1. The van der Waals surface area contributed by atoms with Crippen LogP contribution in [0.15, 0.2) is 29.1 Å². The van der Waals surface area contributed by atoms with E-state index >= 15 is 0 Å². The smallest absolute Gasteiger partial charge is 0.326 e. The summed E-state index contributed by atoms with van der Waals surface area (Å²) in [7, 11) is 0. The average Bonchev–Trinajstić information content (AvgIpc) is 2.77. The van der Waals surface area contributed by atoms with E-state index in [0.29, 0.717) is 30.3 Å². The van der Waals surface area contributed by atoms with E-state index in [0.717, 1.165) is 0 Å². The molecule has 0 saturated carbocycles. The lowest BCUT2D eigenvalue weighted by atomic mass is 10.0. The zero-order valence-corrected chi connectivity index (χ0v) is 17.7. The van der Waals surface area contributed by atoms with E-state index in [9.17, 15) is 24.3 Å². The Morgan fingerprint density at radius 1 is 1.21 bits per heavy atom. The van der Waals surface area contributed by atoms with Gasteiger partial charge in [-0.15, -0.1) is 0 Å². The number of anilines is 4. The number of aliphatic carboxylic acids is 2. The number of hydrogen-bond acceptors (Lipinski definition) is 9. The second-order valence-electron chi connectivity index (χ2n) is 7.69. The first kappa shape index (κ1) is 23.4. The van der Waals surface area contributed by atoms with Gasteiger partial charge in [0, 0.05) is 24.3 Å². The molecule has 13 nitrogen and oxygen atoms in total. The molecule has 2 heterocycles. The Hall–Kier alpha value is -4.29. The van der Waals surface area contributed by atoms with Gasteiger partial charge in [0.2, 0.25) is 5.95 Å². The maximum Gasteiger partial charge on any atom is 0.326 e. The summed E-state index contributed by atoms with van der Waals surface area (Å²) in [5.74, 6) is -3.56. The molecule has 2 aromatic rings. The van der Waals surface area contributed by atoms with Gasteiger partial charge >= 0.3 is 11.9 Å². The third kappa shape index (κ3) is 5.90. The van der Waals surface area contributed by atoms with Crippen molar-refractivity contribution in [2.24, 2.45) is 5.92 Å². The minimum absolute atomic E-state index is 0.0276. The molecule has 1 aliphatic heterocycles. The molecule has 1 aliphatic rings. The van der Waals surface area contributed by atoms with Crippen molar-refractivity contribution >= 4 is 41.0 Å². The van der Waals surface area contributed by atoms with Gasteiger partial charge in [-0.2, -0.15) is 4.98 Å². The fourth-order valence-electron chi connectivity index (χ4n) is 3.25. The van der Waals surface area contributed by atoms with Crippen LogP contribution >= 0.6 is 0 Å². The number of nitrogens with zero attached hydrogens (tertiary/aromatic N) is 1. The molecule has 0 fully saturated rings. The van der Waals surface area contributed by atoms with Gasteiger partial charge < -0.3 is 37.2 Å². The summed E-state index contributed by atoms with van der Waals surface area (Å²) in [4.78, 5) is 53.2. The van der Waals surface area contributed by atoms with Gasteiger partial charge in [0.05, 0.1) is 12.0 Å². The third-order valence-electron chi connectivity index (χ3n) is 5.12. The number of aromatic nitrogens is 2. The second-order valence-corrected chi connectivity index (χ2v) is 7.69. The van der Waals surface area contributed by atoms with E-state index in [1.54, 1.807) is 12.1 Å². The van der Waals surface area contributed by atoms with Gasteiger partial charge in [0.15, 0.2) is 5.82 Å². The molecule has 0 saturated heterocycles. The number of aromatic amines is 1. The first-order valence-electron chi connectivity index (χ1n) is 10.1. The van der Waals surface area contributed by atoms with E-state index in [1.165, 1.54) is 19.1 Å². The maximum absolute atomic E-state index is 12.4. The number of carbonyl (C=O) groups is 3. The van der Waals surface area contributed by atoms with E-state index < -0.39 is 29.8 Å². The van der Waals surface area contributed by atoms with E-state index in [2.05, 4.69) is 31.2 Å². The summed E-state index contributed by atoms with van der Waals surface area (Å²) >= 11 is 0. The quantitative estimate of drug-likeness (QED) is 0.249. The Labute approximate surface area is 187 Å². The number of fused-ring (bicyclic) bond motifs is 1. The molecule has 1 amide bonds. The Bertz CT molecular complexity index is 1100. The number of carboxylic acids is 2. The average molecular weight is 459 g/mol. The van der Waals surface area contributed by atoms with Crippen LogP contribution in [0.1, 0.15) is 23.7 Å². The number of rotatable bonds is 9. The first-order chi connectivity index (χ1) is 15.6. The summed E-state index contributed by atoms with van der Waals surface area (Å²) < 4.78 is 0. The highest BCUT2D eigenvalue weighted by Crippen LogP contribution is 2.20. The Balaban J connectivity index is 1.55. The van der Waals surface area contributed by atoms with Gasteiger partial charge in [-0.25, -0.2) is 4.79 Å². The molecule has 0 spiro atoms. The van der Waals surface area contributed by atoms with Gasteiger partial charge in [0.25, 0.3) is 11.5 Å². The maximum atomic E-state index is 12.4. The van der Waals surface area contributed by atoms with Crippen molar-refractivity contribution in [2.75, 3.05) is 34.8 Å². The summed E-state index contributed by atoms with van der Waals surface area (Å²) in [5, 5.41) is 29.9. The fourth-order valence-corrected chi connectivity index (χ4v) is 3.25. The number of carbonyl (C=O) groups excluding carboxylic acids is 1. The first-order valence-corrected chi connectivity index (χ1v) is 10.1. The minimum Gasteiger partial charge on any atom is -0.481 e. The van der Waals surface area contributed by atoms with Crippen LogP contribution in [0.4, 0.5) is 23.1 Å². The highest BCUT2D eigenvalue weighted by molar-refractivity contribution is 5.97. The zero-order valence-electron chi connectivity index (χ0n) is 17.7. The van der Waals surface area contributed by atoms with Crippen molar-refractivity contribution < 1.29 is 24.6 Å². The molecular weight excluding hydrogens is 434 g/mol. The lowest BCUT2D eigenvalue weighted by Gasteiger charge is -2.27. The number of benzene rings is 1. The summed E-state index contributed by atoms with van der Waals surface area (Å²) in [6.07, 6.45) is -0.230. The molecule has 3 atom stereocenters. The van der Waals surface area contributed by atoms with Crippen molar-refractivity contribution in [3.05, 3.63) is 40.2 Å². The lowest BCUT2D eigenvalue weighted by Crippen LogP contribution is -2.42. The molecule has 3 rings (SSSR count). The summed E-state index contributed by atoms with van der Waals surface area (Å²) in [6.45, 7) is 2.33. The van der Waals surface area contributed by atoms with Crippen LogP contribution in [0.2, 0.25) is 0 Å². The Morgan fingerprint density at radius 3 is 2.55 bits per heavy atom. The van der Waals surface area contributed by atoms with E-state index in [4.69, 9.17) is 10.8 Å². The van der Waals surface area contributed by atoms with Crippen LogP contribution in [0.3, 0.4) is 0 Å². The number of nitrogen functional groups attached to an aromatic ring is 1. The molecule has 1 aromatic carbocycles. The predicted octanol–water partition coefficient (Wildman–Crippen LogP) is -0.0360. The minimum atomic E-state index is -1.32. The van der Waals surface area contributed by atoms with Crippen molar-refractivity contribution in [3.63, 3.8) is 0 Å². The molecule has 176 valence electrons. The highest BCUT2D eigenvalue weighted by Gasteiger charge is 2.26. The van der Waals surface area contributed by atoms with Gasteiger partial charge in [-0.3, -0.25) is 19.4 Å². The molecule has 0 bridgehead atoms. The van der Waals surface area contributed by atoms with Crippen LogP contribution in [0.25, 0.3) is 0 Å². The third-order valence-corrected chi connectivity index (χ3v) is 5.12.